The Labute approximate surface area is 99.8 Å². The van der Waals surface area contributed by atoms with Gasteiger partial charge in [0.05, 0.1) is 5.56 Å². The van der Waals surface area contributed by atoms with E-state index in [0.29, 0.717) is 0 Å². The van der Waals surface area contributed by atoms with Crippen LogP contribution in [0.1, 0.15) is 31.1 Å². The molecule has 0 saturated heterocycles. The summed E-state index contributed by atoms with van der Waals surface area (Å²) in [5.41, 5.74) is 5.21. The SMILES string of the molecule is Cc1ccc(F)c(C(F)C(CN)C(C)C)c1F. The third-order valence-corrected chi connectivity index (χ3v) is 3.10. The highest BCUT2D eigenvalue weighted by molar-refractivity contribution is 5.29. The van der Waals surface area contributed by atoms with Crippen LogP contribution >= 0.6 is 0 Å². The third kappa shape index (κ3) is 2.80. The van der Waals surface area contributed by atoms with E-state index in [9.17, 15) is 13.2 Å². The molecule has 0 heterocycles. The van der Waals surface area contributed by atoms with Gasteiger partial charge in [-0.05, 0) is 31.0 Å². The molecule has 0 spiro atoms. The van der Waals surface area contributed by atoms with Gasteiger partial charge in [0.15, 0.2) is 0 Å². The van der Waals surface area contributed by atoms with Crippen LogP contribution in [0.15, 0.2) is 12.1 Å². The second kappa shape index (κ2) is 5.54. The Bertz CT molecular complexity index is 390. The van der Waals surface area contributed by atoms with Crippen LogP contribution in [-0.2, 0) is 0 Å². The van der Waals surface area contributed by atoms with Gasteiger partial charge in [-0.25, -0.2) is 13.2 Å². The molecule has 4 heteroatoms. The second-order valence-corrected chi connectivity index (χ2v) is 4.64. The molecular formula is C13H18F3N. The van der Waals surface area contributed by atoms with Crippen molar-refractivity contribution in [1.29, 1.82) is 0 Å². The zero-order valence-electron chi connectivity index (χ0n) is 10.3. The third-order valence-electron chi connectivity index (χ3n) is 3.10. The highest BCUT2D eigenvalue weighted by Crippen LogP contribution is 2.34. The van der Waals surface area contributed by atoms with Gasteiger partial charge in [0.25, 0.3) is 0 Å². The predicted octanol–water partition coefficient (Wildman–Crippen LogP) is 3.51. The van der Waals surface area contributed by atoms with E-state index in [1.165, 1.54) is 13.0 Å². The first kappa shape index (κ1) is 14.0. The first-order valence-corrected chi connectivity index (χ1v) is 5.68. The normalized spacial score (nSPS) is 15.1. The maximum atomic E-state index is 14.2. The van der Waals surface area contributed by atoms with Crippen molar-refractivity contribution >= 4 is 0 Å². The summed E-state index contributed by atoms with van der Waals surface area (Å²) in [5.74, 6) is -2.31. The maximum absolute atomic E-state index is 14.2. The van der Waals surface area contributed by atoms with Crippen LogP contribution in [0, 0.1) is 30.4 Å². The van der Waals surface area contributed by atoms with Gasteiger partial charge in [-0.15, -0.1) is 0 Å². The van der Waals surface area contributed by atoms with Crippen LogP contribution in [0.25, 0.3) is 0 Å². The number of alkyl halides is 1. The minimum Gasteiger partial charge on any atom is -0.330 e. The number of hydrogen-bond acceptors (Lipinski definition) is 1. The Hall–Kier alpha value is -1.03. The highest BCUT2D eigenvalue weighted by Gasteiger charge is 2.30. The molecule has 0 amide bonds. The average Bonchev–Trinajstić information content (AvgIpc) is 2.24. The van der Waals surface area contributed by atoms with E-state index >= 15 is 0 Å². The van der Waals surface area contributed by atoms with Gasteiger partial charge in [-0.3, -0.25) is 0 Å². The van der Waals surface area contributed by atoms with Crippen LogP contribution in [0.4, 0.5) is 13.2 Å². The lowest BCUT2D eigenvalue weighted by atomic mass is 9.86. The van der Waals surface area contributed by atoms with Gasteiger partial charge in [-0.2, -0.15) is 0 Å². The van der Waals surface area contributed by atoms with Crippen molar-refractivity contribution in [3.05, 3.63) is 34.9 Å². The quantitative estimate of drug-likeness (QED) is 0.863. The zero-order chi connectivity index (χ0) is 13.2. The Balaban J connectivity index is 3.19. The summed E-state index contributed by atoms with van der Waals surface area (Å²) in [5, 5.41) is 0. The molecule has 0 fully saturated rings. The Morgan fingerprint density at radius 2 is 1.82 bits per heavy atom. The number of rotatable bonds is 4. The van der Waals surface area contributed by atoms with E-state index in [-0.39, 0.29) is 18.0 Å². The summed E-state index contributed by atoms with van der Waals surface area (Å²) in [6, 6.07) is 2.39. The summed E-state index contributed by atoms with van der Waals surface area (Å²) in [7, 11) is 0. The van der Waals surface area contributed by atoms with Crippen molar-refractivity contribution in [2.75, 3.05) is 6.54 Å². The number of nitrogens with two attached hydrogens (primary N) is 1. The predicted molar refractivity (Wildman–Crippen MR) is 62.3 cm³/mol. The number of hydrogen-bond donors (Lipinski definition) is 1. The van der Waals surface area contributed by atoms with Gasteiger partial charge in [-0.1, -0.05) is 19.9 Å². The molecule has 1 aromatic carbocycles. The molecule has 2 unspecified atom stereocenters. The fourth-order valence-electron chi connectivity index (χ4n) is 1.87. The molecular weight excluding hydrogens is 227 g/mol. The lowest BCUT2D eigenvalue weighted by molar-refractivity contribution is 0.179. The van der Waals surface area contributed by atoms with Crippen LogP contribution in [0.3, 0.4) is 0 Å². The minimum absolute atomic E-state index is 0.0612. The minimum atomic E-state index is -1.71. The lowest BCUT2D eigenvalue weighted by Gasteiger charge is -2.24. The number of halogens is 3. The molecule has 2 atom stereocenters. The molecule has 1 aromatic rings. The summed E-state index contributed by atoms with van der Waals surface area (Å²) in [6.45, 7) is 5.12. The molecule has 0 aliphatic heterocycles. The van der Waals surface area contributed by atoms with E-state index in [1.807, 2.05) is 0 Å². The van der Waals surface area contributed by atoms with Gasteiger partial charge in [0.1, 0.15) is 17.8 Å². The molecule has 2 N–H and O–H groups in total. The monoisotopic (exact) mass is 245 g/mol. The van der Waals surface area contributed by atoms with E-state index in [2.05, 4.69) is 0 Å². The van der Waals surface area contributed by atoms with Gasteiger partial charge in [0.2, 0.25) is 0 Å². The fraction of sp³-hybridized carbons (Fsp3) is 0.538. The van der Waals surface area contributed by atoms with Crippen molar-refractivity contribution in [3.8, 4) is 0 Å². The zero-order valence-corrected chi connectivity index (χ0v) is 10.3. The maximum Gasteiger partial charge on any atom is 0.135 e. The van der Waals surface area contributed by atoms with Crippen molar-refractivity contribution in [2.24, 2.45) is 17.6 Å². The summed E-state index contributed by atoms with van der Waals surface area (Å²) >= 11 is 0. The number of benzene rings is 1. The molecule has 17 heavy (non-hydrogen) atoms. The molecule has 0 radical (unpaired) electrons. The molecule has 0 aromatic heterocycles. The summed E-state index contributed by atoms with van der Waals surface area (Å²) in [4.78, 5) is 0. The van der Waals surface area contributed by atoms with Crippen LogP contribution in [0.2, 0.25) is 0 Å². The van der Waals surface area contributed by atoms with Crippen LogP contribution < -0.4 is 5.73 Å². The van der Waals surface area contributed by atoms with Gasteiger partial charge >= 0.3 is 0 Å². The van der Waals surface area contributed by atoms with Crippen molar-refractivity contribution in [1.82, 2.24) is 0 Å². The van der Waals surface area contributed by atoms with Gasteiger partial charge < -0.3 is 5.73 Å². The summed E-state index contributed by atoms with van der Waals surface area (Å²) < 4.78 is 41.5. The second-order valence-electron chi connectivity index (χ2n) is 4.64. The average molecular weight is 245 g/mol. The molecule has 96 valence electrons. The smallest absolute Gasteiger partial charge is 0.135 e. The lowest BCUT2D eigenvalue weighted by Crippen LogP contribution is -2.26. The largest absolute Gasteiger partial charge is 0.330 e. The first-order chi connectivity index (χ1) is 7.90. The van der Waals surface area contributed by atoms with E-state index in [1.54, 1.807) is 13.8 Å². The highest BCUT2D eigenvalue weighted by atomic mass is 19.2. The molecule has 1 nitrogen and oxygen atoms in total. The number of aryl methyl sites for hydroxylation is 1. The van der Waals surface area contributed by atoms with Crippen LogP contribution in [0.5, 0.6) is 0 Å². The standard InChI is InChI=1S/C13H18F3N/c1-7(2)9(6-17)13(16)11-10(14)5-4-8(3)12(11)15/h4-5,7,9,13H,6,17H2,1-3H3. The topological polar surface area (TPSA) is 26.0 Å². The first-order valence-electron chi connectivity index (χ1n) is 5.68. The van der Waals surface area contributed by atoms with Crippen molar-refractivity contribution in [3.63, 3.8) is 0 Å². The Morgan fingerprint density at radius 1 is 1.24 bits per heavy atom. The van der Waals surface area contributed by atoms with E-state index in [4.69, 9.17) is 5.73 Å². The van der Waals surface area contributed by atoms with E-state index < -0.39 is 29.3 Å². The Morgan fingerprint density at radius 3 is 2.29 bits per heavy atom. The fourth-order valence-corrected chi connectivity index (χ4v) is 1.87. The molecule has 0 bridgehead atoms. The summed E-state index contributed by atoms with van der Waals surface area (Å²) in [6.07, 6.45) is -1.71. The van der Waals surface area contributed by atoms with Crippen LogP contribution in [-0.4, -0.2) is 6.54 Å². The van der Waals surface area contributed by atoms with Crippen molar-refractivity contribution in [2.45, 2.75) is 26.9 Å². The van der Waals surface area contributed by atoms with E-state index in [0.717, 1.165) is 6.07 Å². The van der Waals surface area contributed by atoms with Gasteiger partial charge in [0, 0.05) is 5.92 Å². The van der Waals surface area contributed by atoms with Crippen molar-refractivity contribution < 1.29 is 13.2 Å². The Kier molecular flexibility index (Phi) is 4.57. The molecule has 0 saturated carbocycles. The molecule has 0 aliphatic carbocycles. The molecule has 0 aliphatic rings. The molecule has 1 rings (SSSR count).